The number of rotatable bonds is 6. The van der Waals surface area contributed by atoms with Crippen molar-refractivity contribution in [3.05, 3.63) is 59.3 Å². The van der Waals surface area contributed by atoms with Gasteiger partial charge < -0.3 is 4.74 Å². The average Bonchev–Trinajstić information content (AvgIpc) is 3.32. The van der Waals surface area contributed by atoms with Crippen LogP contribution < -0.4 is 11.2 Å². The standard InChI is InChI=1S/C25H29F2N5O2/c1-15(2)14-34-24(33)32(28)25(11-6-12-29-25)21-19-10-9-16(3)13-20(19)30-23(31-21)18-8-5-4-7-17(18)22(26)27/h4-5,7-10,13,15,22,29H,6,11-12,14,28H2,1-3H3/t25-/m1/s1. The van der Waals surface area contributed by atoms with Gasteiger partial charge >= 0.3 is 6.09 Å². The molecule has 3 N–H and O–H groups in total. The first-order chi connectivity index (χ1) is 16.2. The van der Waals surface area contributed by atoms with E-state index in [0.29, 0.717) is 29.6 Å². The number of amides is 1. The highest BCUT2D eigenvalue weighted by Gasteiger charge is 2.46. The number of nitrogens with zero attached hydrogens (tertiary/aromatic N) is 3. The Labute approximate surface area is 197 Å². The maximum absolute atomic E-state index is 13.8. The van der Waals surface area contributed by atoms with Gasteiger partial charge in [-0.05, 0) is 43.9 Å². The van der Waals surface area contributed by atoms with Crippen LogP contribution in [0.4, 0.5) is 13.6 Å². The fourth-order valence-corrected chi connectivity index (χ4v) is 4.28. The first-order valence-corrected chi connectivity index (χ1v) is 11.4. The van der Waals surface area contributed by atoms with Crippen molar-refractivity contribution in [3.63, 3.8) is 0 Å². The summed E-state index contributed by atoms with van der Waals surface area (Å²) in [5.74, 6) is 6.68. The van der Waals surface area contributed by atoms with Gasteiger partial charge in [-0.15, -0.1) is 0 Å². The van der Waals surface area contributed by atoms with Gasteiger partial charge in [-0.1, -0.05) is 50.2 Å². The number of hydrazine groups is 1. The lowest BCUT2D eigenvalue weighted by Gasteiger charge is -2.37. The Kier molecular flexibility index (Phi) is 6.77. The van der Waals surface area contributed by atoms with Gasteiger partial charge in [0.15, 0.2) is 11.5 Å². The lowest BCUT2D eigenvalue weighted by molar-refractivity contribution is 0.0313. The van der Waals surface area contributed by atoms with Crippen LogP contribution in [-0.4, -0.2) is 34.2 Å². The van der Waals surface area contributed by atoms with Gasteiger partial charge in [0.2, 0.25) is 0 Å². The van der Waals surface area contributed by atoms with Crippen LogP contribution in [0.15, 0.2) is 42.5 Å². The third-order valence-electron chi connectivity index (χ3n) is 5.96. The summed E-state index contributed by atoms with van der Waals surface area (Å²) in [5, 5.41) is 5.07. The first-order valence-electron chi connectivity index (χ1n) is 11.4. The van der Waals surface area contributed by atoms with Crippen LogP contribution >= 0.6 is 0 Å². The highest BCUT2D eigenvalue weighted by Crippen LogP contribution is 2.38. The fraction of sp³-hybridized carbons (Fsp3) is 0.400. The summed E-state index contributed by atoms with van der Waals surface area (Å²) < 4.78 is 33.0. The number of hydrogen-bond acceptors (Lipinski definition) is 6. The molecule has 9 heteroatoms. The van der Waals surface area contributed by atoms with Gasteiger partial charge in [-0.25, -0.2) is 34.4 Å². The molecule has 1 fully saturated rings. The number of alkyl halides is 2. The van der Waals surface area contributed by atoms with E-state index < -0.39 is 18.2 Å². The molecule has 0 radical (unpaired) electrons. The Morgan fingerprint density at radius 1 is 1.24 bits per heavy atom. The van der Waals surface area contributed by atoms with Crippen LogP contribution in [0.1, 0.15) is 49.9 Å². The SMILES string of the molecule is Cc1ccc2c([C@]3(N(N)C(=O)OCC(C)C)CCCN3)nc(-c3ccccc3C(F)F)nc2c1. The quantitative estimate of drug-likeness (QED) is 0.298. The summed E-state index contributed by atoms with van der Waals surface area (Å²) in [5.41, 5.74) is 0.911. The van der Waals surface area contributed by atoms with Crippen LogP contribution in [0.3, 0.4) is 0 Å². The second-order valence-electron chi connectivity index (χ2n) is 9.04. The Morgan fingerprint density at radius 3 is 2.68 bits per heavy atom. The summed E-state index contributed by atoms with van der Waals surface area (Å²) in [6.07, 6.45) is -2.15. The smallest absolute Gasteiger partial charge is 0.426 e. The third kappa shape index (κ3) is 4.45. The summed E-state index contributed by atoms with van der Waals surface area (Å²) in [6, 6.07) is 11.8. The Balaban J connectivity index is 1.92. The molecule has 1 saturated heterocycles. The molecule has 0 saturated carbocycles. The van der Waals surface area contributed by atoms with Crippen molar-refractivity contribution in [1.29, 1.82) is 0 Å². The van der Waals surface area contributed by atoms with Crippen molar-refractivity contribution in [2.75, 3.05) is 13.2 Å². The average molecular weight is 470 g/mol. The predicted octanol–water partition coefficient (Wildman–Crippen LogP) is 5.05. The molecule has 2 heterocycles. The Morgan fingerprint density at radius 2 is 2.00 bits per heavy atom. The van der Waals surface area contributed by atoms with Crippen molar-refractivity contribution < 1.29 is 18.3 Å². The van der Waals surface area contributed by atoms with Crippen molar-refractivity contribution in [2.45, 2.75) is 45.7 Å². The zero-order valence-corrected chi connectivity index (χ0v) is 19.5. The molecule has 180 valence electrons. The van der Waals surface area contributed by atoms with Crippen LogP contribution in [0.2, 0.25) is 0 Å². The van der Waals surface area contributed by atoms with Gasteiger partial charge in [0.25, 0.3) is 6.43 Å². The molecule has 1 aromatic heterocycles. The van der Waals surface area contributed by atoms with Crippen LogP contribution in [-0.2, 0) is 10.4 Å². The number of aromatic nitrogens is 2. The van der Waals surface area contributed by atoms with Gasteiger partial charge in [0.05, 0.1) is 17.8 Å². The second kappa shape index (κ2) is 9.60. The van der Waals surface area contributed by atoms with Crippen LogP contribution in [0, 0.1) is 12.8 Å². The molecule has 4 rings (SSSR count). The molecule has 1 aliphatic heterocycles. The molecule has 0 spiro atoms. The van der Waals surface area contributed by atoms with E-state index in [0.717, 1.165) is 17.0 Å². The monoisotopic (exact) mass is 469 g/mol. The topological polar surface area (TPSA) is 93.4 Å². The number of ether oxygens (including phenoxy) is 1. The summed E-state index contributed by atoms with van der Waals surface area (Å²) in [7, 11) is 0. The number of halogens is 2. The van der Waals surface area contributed by atoms with E-state index in [9.17, 15) is 13.6 Å². The minimum Gasteiger partial charge on any atom is -0.448 e. The van der Waals surface area contributed by atoms with E-state index in [1.165, 1.54) is 6.07 Å². The number of fused-ring (bicyclic) bond motifs is 1. The predicted molar refractivity (Wildman–Crippen MR) is 126 cm³/mol. The fourth-order valence-electron chi connectivity index (χ4n) is 4.28. The normalized spacial score (nSPS) is 18.1. The molecular weight excluding hydrogens is 440 g/mol. The zero-order valence-electron chi connectivity index (χ0n) is 19.5. The molecule has 34 heavy (non-hydrogen) atoms. The van der Waals surface area contributed by atoms with E-state index in [1.807, 2.05) is 39.0 Å². The van der Waals surface area contributed by atoms with Crippen molar-refractivity contribution >= 4 is 17.0 Å². The van der Waals surface area contributed by atoms with E-state index in [-0.39, 0.29) is 29.5 Å². The molecule has 1 aliphatic rings. The number of nitrogens with two attached hydrogens (primary N) is 1. The second-order valence-corrected chi connectivity index (χ2v) is 9.04. The molecule has 0 aliphatic carbocycles. The summed E-state index contributed by atoms with van der Waals surface area (Å²) >= 11 is 0. The van der Waals surface area contributed by atoms with Gasteiger partial charge in [0.1, 0.15) is 0 Å². The minimum atomic E-state index is -2.69. The zero-order chi connectivity index (χ0) is 24.5. The van der Waals surface area contributed by atoms with E-state index in [2.05, 4.69) is 10.3 Å². The number of nitrogens with one attached hydrogen (secondary N) is 1. The first kappa shape index (κ1) is 24.0. The highest BCUT2D eigenvalue weighted by atomic mass is 19.3. The number of benzene rings is 2. The van der Waals surface area contributed by atoms with E-state index in [1.54, 1.807) is 18.2 Å². The van der Waals surface area contributed by atoms with Crippen molar-refractivity contribution in [1.82, 2.24) is 20.3 Å². The van der Waals surface area contributed by atoms with Crippen LogP contribution in [0.5, 0.6) is 0 Å². The lowest BCUT2D eigenvalue weighted by Crippen LogP contribution is -2.59. The Bertz CT molecular complexity index is 1200. The molecule has 1 atom stereocenters. The van der Waals surface area contributed by atoms with Crippen molar-refractivity contribution in [2.24, 2.45) is 11.8 Å². The maximum Gasteiger partial charge on any atom is 0.426 e. The maximum atomic E-state index is 13.8. The third-order valence-corrected chi connectivity index (χ3v) is 5.96. The van der Waals surface area contributed by atoms with E-state index in [4.69, 9.17) is 15.6 Å². The number of aryl methyl sites for hydroxylation is 1. The molecule has 1 amide bonds. The van der Waals surface area contributed by atoms with Crippen LogP contribution in [0.25, 0.3) is 22.3 Å². The summed E-state index contributed by atoms with van der Waals surface area (Å²) in [4.78, 5) is 22.3. The highest BCUT2D eigenvalue weighted by molar-refractivity contribution is 5.85. The number of carbonyl (C=O) groups is 1. The lowest BCUT2D eigenvalue weighted by atomic mass is 9.97. The molecule has 0 bridgehead atoms. The van der Waals surface area contributed by atoms with Gasteiger partial charge in [-0.2, -0.15) is 0 Å². The van der Waals surface area contributed by atoms with Gasteiger partial charge in [0, 0.05) is 16.5 Å². The van der Waals surface area contributed by atoms with Crippen molar-refractivity contribution in [3.8, 4) is 11.4 Å². The summed E-state index contributed by atoms with van der Waals surface area (Å²) in [6.45, 7) is 6.62. The largest absolute Gasteiger partial charge is 0.448 e. The molecule has 3 aromatic rings. The molecule has 2 aromatic carbocycles. The molecule has 7 nitrogen and oxygen atoms in total. The van der Waals surface area contributed by atoms with Gasteiger partial charge in [-0.3, -0.25) is 5.32 Å². The number of carbonyl (C=O) groups excluding carboxylic acids is 1. The number of hydrogen-bond donors (Lipinski definition) is 2. The molecular formula is C25H29F2N5O2. The van der Waals surface area contributed by atoms with E-state index >= 15 is 0 Å². The Hall–Kier alpha value is -3.17. The minimum absolute atomic E-state index is 0.144. The molecule has 0 unspecified atom stereocenters.